The van der Waals surface area contributed by atoms with E-state index in [4.69, 9.17) is 9.47 Å². The molecule has 2 heterocycles. The lowest BCUT2D eigenvalue weighted by Gasteiger charge is -2.14. The second kappa shape index (κ2) is 9.51. The SMILES string of the molecule is Cn1cnc(S(=O)(=O)Nc2cc3c(cc2Oc2ccc(OCc4ccccc4)cc2)n(C)c(=O)n3C)c1. The van der Waals surface area contributed by atoms with Gasteiger partial charge in [-0.15, -0.1) is 0 Å². The fourth-order valence-corrected chi connectivity index (χ4v) is 4.93. The number of imidazole rings is 2. The molecular weight excluding hydrogens is 494 g/mol. The van der Waals surface area contributed by atoms with Crippen LogP contribution in [0.2, 0.25) is 0 Å². The molecule has 1 N–H and O–H groups in total. The summed E-state index contributed by atoms with van der Waals surface area (Å²) in [6.45, 7) is 0.430. The maximum Gasteiger partial charge on any atom is 0.328 e. The van der Waals surface area contributed by atoms with E-state index in [2.05, 4.69) is 9.71 Å². The Balaban J connectivity index is 1.46. The van der Waals surface area contributed by atoms with Crippen LogP contribution in [0.25, 0.3) is 11.0 Å². The van der Waals surface area contributed by atoms with E-state index in [1.54, 1.807) is 57.5 Å². The van der Waals surface area contributed by atoms with Gasteiger partial charge in [0.2, 0.25) is 0 Å². The summed E-state index contributed by atoms with van der Waals surface area (Å²) in [5.74, 6) is 1.35. The minimum absolute atomic E-state index is 0.136. The van der Waals surface area contributed by atoms with Gasteiger partial charge in [0.1, 0.15) is 18.1 Å². The van der Waals surface area contributed by atoms with E-state index in [0.29, 0.717) is 29.1 Å². The molecule has 0 fully saturated rings. The molecule has 0 aliphatic carbocycles. The molecule has 0 aliphatic heterocycles. The van der Waals surface area contributed by atoms with Gasteiger partial charge in [-0.2, -0.15) is 8.42 Å². The van der Waals surface area contributed by atoms with Gasteiger partial charge in [-0.1, -0.05) is 30.3 Å². The number of benzene rings is 3. The molecule has 2 aromatic heterocycles. The molecule has 0 spiro atoms. The zero-order valence-electron chi connectivity index (χ0n) is 20.5. The Kier molecular flexibility index (Phi) is 6.22. The van der Waals surface area contributed by atoms with Crippen molar-refractivity contribution in [2.24, 2.45) is 21.1 Å². The third-order valence-corrected chi connectivity index (χ3v) is 7.12. The van der Waals surface area contributed by atoms with Gasteiger partial charge in [0.05, 0.1) is 23.0 Å². The average Bonchev–Trinajstić information content (AvgIpc) is 3.42. The van der Waals surface area contributed by atoms with Crippen LogP contribution in [0.4, 0.5) is 5.69 Å². The van der Waals surface area contributed by atoms with Gasteiger partial charge in [0.15, 0.2) is 10.8 Å². The number of fused-ring (bicyclic) bond motifs is 1. The Morgan fingerprint density at radius 3 is 2.19 bits per heavy atom. The molecule has 0 saturated carbocycles. The number of aromatic nitrogens is 4. The molecule has 0 aliphatic rings. The van der Waals surface area contributed by atoms with Gasteiger partial charge >= 0.3 is 5.69 Å². The third-order valence-electron chi connectivity index (χ3n) is 5.87. The Morgan fingerprint density at radius 2 is 1.54 bits per heavy atom. The summed E-state index contributed by atoms with van der Waals surface area (Å²) in [5, 5.41) is -0.136. The zero-order valence-corrected chi connectivity index (χ0v) is 21.3. The van der Waals surface area contributed by atoms with Crippen molar-refractivity contribution < 1.29 is 17.9 Å². The predicted octanol–water partition coefficient (Wildman–Crippen LogP) is 3.78. The van der Waals surface area contributed by atoms with E-state index in [1.807, 2.05) is 30.3 Å². The van der Waals surface area contributed by atoms with Crippen LogP contribution in [0.1, 0.15) is 5.56 Å². The number of nitrogens with one attached hydrogen (secondary N) is 1. The lowest BCUT2D eigenvalue weighted by atomic mass is 10.2. The van der Waals surface area contributed by atoms with Gasteiger partial charge < -0.3 is 14.0 Å². The standard InChI is InChI=1S/C26H25N5O5S/c1-29-15-25(27-17-29)37(33,34)28-21-13-22-23(31(3)26(32)30(22)2)14-24(21)36-20-11-9-19(10-12-20)35-16-18-7-5-4-6-8-18/h4-15,17,28H,16H2,1-3H3. The Labute approximate surface area is 213 Å². The van der Waals surface area contributed by atoms with Gasteiger partial charge in [0.25, 0.3) is 10.0 Å². The summed E-state index contributed by atoms with van der Waals surface area (Å²) >= 11 is 0. The predicted molar refractivity (Wildman–Crippen MR) is 139 cm³/mol. The molecule has 10 nitrogen and oxygen atoms in total. The van der Waals surface area contributed by atoms with E-state index in [9.17, 15) is 13.2 Å². The zero-order chi connectivity index (χ0) is 26.2. The quantitative estimate of drug-likeness (QED) is 0.334. The van der Waals surface area contributed by atoms with Crippen LogP contribution in [0, 0.1) is 0 Å². The van der Waals surface area contributed by atoms with E-state index in [-0.39, 0.29) is 22.2 Å². The van der Waals surface area contributed by atoms with E-state index in [1.165, 1.54) is 26.2 Å². The first kappa shape index (κ1) is 24.2. The topological polar surface area (TPSA) is 109 Å². The molecule has 37 heavy (non-hydrogen) atoms. The molecular formula is C26H25N5O5S. The van der Waals surface area contributed by atoms with Crippen LogP contribution < -0.4 is 19.9 Å². The van der Waals surface area contributed by atoms with Crippen molar-refractivity contribution in [3.8, 4) is 17.2 Å². The molecule has 5 rings (SSSR count). The van der Waals surface area contributed by atoms with Crippen LogP contribution in [-0.2, 0) is 37.8 Å². The number of sulfonamides is 1. The van der Waals surface area contributed by atoms with Gasteiger partial charge in [-0.05, 0) is 35.9 Å². The summed E-state index contributed by atoms with van der Waals surface area (Å²) < 4.78 is 45.0. The average molecular weight is 520 g/mol. The van der Waals surface area contributed by atoms with Crippen molar-refractivity contribution in [3.63, 3.8) is 0 Å². The number of aryl methyl sites for hydroxylation is 3. The summed E-state index contributed by atoms with van der Waals surface area (Å²) in [5.41, 5.74) is 2.11. The second-order valence-corrected chi connectivity index (χ2v) is 10.2. The van der Waals surface area contributed by atoms with E-state index < -0.39 is 10.0 Å². The number of anilines is 1. The highest BCUT2D eigenvalue weighted by molar-refractivity contribution is 7.92. The highest BCUT2D eigenvalue weighted by Gasteiger charge is 2.22. The maximum absolute atomic E-state index is 13.0. The molecule has 5 aromatic rings. The number of rotatable bonds is 8. The molecule has 0 saturated heterocycles. The van der Waals surface area contributed by atoms with Gasteiger partial charge in [-0.25, -0.2) is 9.78 Å². The number of ether oxygens (including phenoxy) is 2. The molecule has 0 amide bonds. The summed E-state index contributed by atoms with van der Waals surface area (Å²) in [6, 6.07) is 20.0. The molecule has 0 radical (unpaired) electrons. The van der Waals surface area contributed by atoms with Crippen LogP contribution in [-0.4, -0.2) is 27.1 Å². The van der Waals surface area contributed by atoms with Gasteiger partial charge in [0, 0.05) is 33.4 Å². The van der Waals surface area contributed by atoms with Crippen molar-refractivity contribution in [3.05, 3.63) is 95.3 Å². The van der Waals surface area contributed by atoms with E-state index >= 15 is 0 Å². The molecule has 11 heteroatoms. The third kappa shape index (κ3) is 4.94. The van der Waals surface area contributed by atoms with Crippen molar-refractivity contribution in [2.45, 2.75) is 11.6 Å². The minimum Gasteiger partial charge on any atom is -0.489 e. The molecule has 3 aromatic carbocycles. The number of hydrogen-bond donors (Lipinski definition) is 1. The first-order valence-corrected chi connectivity index (χ1v) is 12.8. The Bertz CT molecular complexity index is 1740. The number of hydrogen-bond acceptors (Lipinski definition) is 6. The molecule has 0 unspecified atom stereocenters. The normalized spacial score (nSPS) is 11.5. The van der Waals surface area contributed by atoms with Crippen molar-refractivity contribution >= 4 is 26.7 Å². The number of nitrogens with zero attached hydrogens (tertiary/aromatic N) is 4. The molecule has 0 bridgehead atoms. The lowest BCUT2D eigenvalue weighted by Crippen LogP contribution is -2.19. The Morgan fingerprint density at radius 1 is 0.892 bits per heavy atom. The van der Waals surface area contributed by atoms with Crippen LogP contribution >= 0.6 is 0 Å². The van der Waals surface area contributed by atoms with Crippen LogP contribution in [0.3, 0.4) is 0 Å². The minimum atomic E-state index is -4.01. The highest BCUT2D eigenvalue weighted by atomic mass is 32.2. The molecule has 190 valence electrons. The fraction of sp³-hybridized carbons (Fsp3) is 0.154. The van der Waals surface area contributed by atoms with Crippen LogP contribution in [0.15, 0.2) is 89.1 Å². The summed E-state index contributed by atoms with van der Waals surface area (Å²) in [6.07, 6.45) is 2.80. The summed E-state index contributed by atoms with van der Waals surface area (Å²) in [4.78, 5) is 16.4. The van der Waals surface area contributed by atoms with E-state index in [0.717, 1.165) is 5.56 Å². The largest absolute Gasteiger partial charge is 0.489 e. The summed E-state index contributed by atoms with van der Waals surface area (Å²) in [7, 11) is 0.937. The van der Waals surface area contributed by atoms with Gasteiger partial charge in [-0.3, -0.25) is 13.9 Å². The second-order valence-electron chi connectivity index (χ2n) is 8.57. The first-order chi connectivity index (χ1) is 17.7. The smallest absolute Gasteiger partial charge is 0.328 e. The van der Waals surface area contributed by atoms with Crippen molar-refractivity contribution in [1.29, 1.82) is 0 Å². The van der Waals surface area contributed by atoms with Crippen LogP contribution in [0.5, 0.6) is 17.2 Å². The monoisotopic (exact) mass is 519 g/mol. The van der Waals surface area contributed by atoms with Crippen molar-refractivity contribution in [1.82, 2.24) is 18.7 Å². The lowest BCUT2D eigenvalue weighted by molar-refractivity contribution is 0.306. The fourth-order valence-electron chi connectivity index (χ4n) is 3.89. The van der Waals surface area contributed by atoms with Crippen molar-refractivity contribution in [2.75, 3.05) is 4.72 Å². The Hall–Kier alpha value is -4.51. The maximum atomic E-state index is 13.0. The highest BCUT2D eigenvalue weighted by Crippen LogP contribution is 2.35. The molecule has 0 atom stereocenters. The first-order valence-electron chi connectivity index (χ1n) is 11.4.